The van der Waals surface area contributed by atoms with Gasteiger partial charge < -0.3 is 9.73 Å². The number of furan rings is 1. The molecule has 0 aromatic carbocycles. The smallest absolute Gasteiger partial charge is 0.412 e. The number of rotatable bonds is 5. The second-order valence-corrected chi connectivity index (χ2v) is 5.62. The first-order chi connectivity index (χ1) is 9.86. The van der Waals surface area contributed by atoms with Crippen molar-refractivity contribution in [1.82, 2.24) is 10.2 Å². The molecule has 2 rings (SSSR count). The maximum atomic E-state index is 12.6. The van der Waals surface area contributed by atoms with Crippen molar-refractivity contribution in [3.05, 3.63) is 35.3 Å². The van der Waals surface area contributed by atoms with Crippen molar-refractivity contribution in [3.8, 4) is 0 Å². The number of hydrogen-bond acceptors (Lipinski definition) is 3. The zero-order chi connectivity index (χ0) is 15.5. The summed E-state index contributed by atoms with van der Waals surface area (Å²) in [5, 5.41) is 3.28. The van der Waals surface area contributed by atoms with E-state index < -0.39 is 11.7 Å². The molecule has 1 aliphatic rings. The molecule has 1 aromatic heterocycles. The molecular formula is C15H21F3N2O. The lowest BCUT2D eigenvalue weighted by atomic mass is 10.1. The molecule has 0 bridgehead atoms. The molecule has 0 atom stereocenters. The Morgan fingerprint density at radius 3 is 2.71 bits per heavy atom. The van der Waals surface area contributed by atoms with Crippen LogP contribution in [-0.4, -0.2) is 30.2 Å². The minimum absolute atomic E-state index is 0.0565. The Morgan fingerprint density at radius 2 is 2.14 bits per heavy atom. The van der Waals surface area contributed by atoms with Crippen molar-refractivity contribution < 1.29 is 17.6 Å². The summed E-state index contributed by atoms with van der Waals surface area (Å²) in [6.45, 7) is 6.11. The minimum Gasteiger partial charge on any atom is -0.468 e. The Morgan fingerprint density at radius 1 is 1.38 bits per heavy atom. The number of nitrogens with zero attached hydrogens (tertiary/aromatic N) is 1. The van der Waals surface area contributed by atoms with Crippen LogP contribution in [0.5, 0.6) is 0 Å². The third-order valence-electron chi connectivity index (χ3n) is 3.56. The summed E-state index contributed by atoms with van der Waals surface area (Å²) in [6, 6.07) is 2.25. The summed E-state index contributed by atoms with van der Waals surface area (Å²) in [5.74, 6) is 0.856. The van der Waals surface area contributed by atoms with E-state index in [0.29, 0.717) is 32.2 Å². The first-order valence-corrected chi connectivity index (χ1v) is 7.13. The normalized spacial score (nSPS) is 17.3. The van der Waals surface area contributed by atoms with Crippen molar-refractivity contribution in [2.24, 2.45) is 0 Å². The van der Waals surface area contributed by atoms with Gasteiger partial charge in [0.2, 0.25) is 0 Å². The van der Waals surface area contributed by atoms with Crippen LogP contribution in [0.3, 0.4) is 0 Å². The first-order valence-electron chi connectivity index (χ1n) is 7.13. The molecule has 2 heterocycles. The van der Waals surface area contributed by atoms with E-state index in [1.807, 2.05) is 11.0 Å². The Hall–Kier alpha value is -1.27. The molecule has 1 aromatic rings. The van der Waals surface area contributed by atoms with E-state index in [4.69, 9.17) is 4.42 Å². The van der Waals surface area contributed by atoms with Crippen LogP contribution in [0.4, 0.5) is 13.2 Å². The van der Waals surface area contributed by atoms with Crippen molar-refractivity contribution in [1.29, 1.82) is 0 Å². The van der Waals surface area contributed by atoms with E-state index in [2.05, 4.69) is 19.2 Å². The van der Waals surface area contributed by atoms with Crippen LogP contribution in [0.25, 0.3) is 0 Å². The fraction of sp³-hybridized carbons (Fsp3) is 0.600. The third kappa shape index (κ3) is 4.61. The molecular weight excluding hydrogens is 281 g/mol. The van der Waals surface area contributed by atoms with Crippen LogP contribution in [0, 0.1) is 0 Å². The van der Waals surface area contributed by atoms with Crippen LogP contribution in [0.1, 0.15) is 31.6 Å². The van der Waals surface area contributed by atoms with Crippen molar-refractivity contribution in [2.75, 3.05) is 13.1 Å². The highest BCUT2D eigenvalue weighted by Crippen LogP contribution is 2.30. The molecule has 21 heavy (non-hydrogen) atoms. The predicted molar refractivity (Wildman–Crippen MR) is 74.7 cm³/mol. The van der Waals surface area contributed by atoms with Crippen LogP contribution in [-0.2, 0) is 13.1 Å². The number of alkyl halides is 3. The van der Waals surface area contributed by atoms with Gasteiger partial charge in [0.25, 0.3) is 0 Å². The van der Waals surface area contributed by atoms with Crippen LogP contribution in [0.2, 0.25) is 0 Å². The Labute approximate surface area is 122 Å². The fourth-order valence-corrected chi connectivity index (χ4v) is 2.31. The van der Waals surface area contributed by atoms with Gasteiger partial charge in [-0.2, -0.15) is 13.2 Å². The topological polar surface area (TPSA) is 28.4 Å². The van der Waals surface area contributed by atoms with Gasteiger partial charge in [-0.15, -0.1) is 0 Å². The van der Waals surface area contributed by atoms with Gasteiger partial charge in [0.05, 0.1) is 12.8 Å². The van der Waals surface area contributed by atoms with Crippen molar-refractivity contribution in [2.45, 2.75) is 45.6 Å². The zero-order valence-corrected chi connectivity index (χ0v) is 12.3. The summed E-state index contributed by atoms with van der Waals surface area (Å²) in [5.41, 5.74) is 0.625. The monoisotopic (exact) mass is 302 g/mol. The molecule has 0 spiro atoms. The SMILES string of the molecule is CC(C)NCc1occc1CN1CC=C(C(F)(F)F)CC1. The van der Waals surface area contributed by atoms with Crippen molar-refractivity contribution >= 4 is 0 Å². The van der Waals surface area contributed by atoms with E-state index in [0.717, 1.165) is 11.3 Å². The zero-order valence-electron chi connectivity index (χ0n) is 12.3. The largest absolute Gasteiger partial charge is 0.468 e. The highest BCUT2D eigenvalue weighted by atomic mass is 19.4. The molecule has 3 nitrogen and oxygen atoms in total. The van der Waals surface area contributed by atoms with Gasteiger partial charge in [0.15, 0.2) is 0 Å². The maximum Gasteiger partial charge on any atom is 0.412 e. The predicted octanol–water partition coefficient (Wildman–Crippen LogP) is 3.47. The molecule has 0 radical (unpaired) electrons. The lowest BCUT2D eigenvalue weighted by Crippen LogP contribution is -2.32. The molecule has 118 valence electrons. The quantitative estimate of drug-likeness (QED) is 0.844. The first kappa shape index (κ1) is 16.1. The van der Waals surface area contributed by atoms with Gasteiger partial charge in [0, 0.05) is 36.8 Å². The van der Waals surface area contributed by atoms with E-state index >= 15 is 0 Å². The standard InChI is InChI=1S/C15H21F3N2O/c1-11(2)19-9-14-12(5-8-21-14)10-20-6-3-13(4-7-20)15(16,17)18/h3,5,8,11,19H,4,6-7,9-10H2,1-2H3. The molecule has 0 saturated carbocycles. The summed E-state index contributed by atoms with van der Waals surface area (Å²) in [4.78, 5) is 2.00. The highest BCUT2D eigenvalue weighted by molar-refractivity contribution is 5.19. The lowest BCUT2D eigenvalue weighted by molar-refractivity contribution is -0.0960. The van der Waals surface area contributed by atoms with Gasteiger partial charge >= 0.3 is 6.18 Å². The van der Waals surface area contributed by atoms with E-state index in [9.17, 15) is 13.2 Å². The molecule has 0 saturated heterocycles. The second kappa shape index (κ2) is 6.66. The average molecular weight is 302 g/mol. The fourth-order valence-electron chi connectivity index (χ4n) is 2.31. The average Bonchev–Trinajstić information content (AvgIpc) is 2.83. The summed E-state index contributed by atoms with van der Waals surface area (Å²) in [6.07, 6.45) is -1.21. The second-order valence-electron chi connectivity index (χ2n) is 5.62. The van der Waals surface area contributed by atoms with E-state index in [-0.39, 0.29) is 6.42 Å². The van der Waals surface area contributed by atoms with Crippen LogP contribution in [0.15, 0.2) is 28.4 Å². The van der Waals surface area contributed by atoms with Gasteiger partial charge in [-0.3, -0.25) is 4.90 Å². The summed E-state index contributed by atoms with van der Waals surface area (Å²) in [7, 11) is 0. The number of halogens is 3. The van der Waals surface area contributed by atoms with Gasteiger partial charge in [-0.1, -0.05) is 19.9 Å². The molecule has 6 heteroatoms. The molecule has 1 N–H and O–H groups in total. The Bertz CT molecular complexity index is 491. The van der Waals surface area contributed by atoms with Gasteiger partial charge in [-0.25, -0.2) is 0 Å². The Kier molecular flexibility index (Phi) is 5.11. The third-order valence-corrected chi connectivity index (χ3v) is 3.56. The Balaban J connectivity index is 1.92. The van der Waals surface area contributed by atoms with Crippen LogP contribution >= 0.6 is 0 Å². The summed E-state index contributed by atoms with van der Waals surface area (Å²) < 4.78 is 43.2. The summed E-state index contributed by atoms with van der Waals surface area (Å²) >= 11 is 0. The molecule has 0 fully saturated rings. The van der Waals surface area contributed by atoms with E-state index in [1.54, 1.807) is 6.26 Å². The number of hydrogen-bond donors (Lipinski definition) is 1. The van der Waals surface area contributed by atoms with Crippen molar-refractivity contribution in [3.63, 3.8) is 0 Å². The highest BCUT2D eigenvalue weighted by Gasteiger charge is 2.34. The van der Waals surface area contributed by atoms with Gasteiger partial charge in [-0.05, 0) is 12.5 Å². The molecule has 1 aliphatic heterocycles. The van der Waals surface area contributed by atoms with Crippen LogP contribution < -0.4 is 5.32 Å². The van der Waals surface area contributed by atoms with Gasteiger partial charge in [0.1, 0.15) is 5.76 Å². The molecule has 0 amide bonds. The maximum absolute atomic E-state index is 12.6. The lowest BCUT2D eigenvalue weighted by Gasteiger charge is -2.27. The number of nitrogens with one attached hydrogen (secondary N) is 1. The van der Waals surface area contributed by atoms with E-state index in [1.165, 1.54) is 6.08 Å². The minimum atomic E-state index is -4.19. The molecule has 0 unspecified atom stereocenters. The molecule has 0 aliphatic carbocycles.